The van der Waals surface area contributed by atoms with E-state index in [1.165, 1.54) is 130 Å². The third-order valence-corrected chi connectivity index (χ3v) is 10.6. The highest BCUT2D eigenvalue weighted by atomic mass is 16.5. The number of fused-ring (bicyclic) bond motifs is 3. The number of allylic oxidation sites excluding steroid dienone is 2. The molecule has 270 valence electrons. The van der Waals surface area contributed by atoms with Gasteiger partial charge in [-0.05, 0) is 76.1 Å². The number of likely N-dealkylation sites (N-methyl/N-ethyl adjacent to an activating group) is 1. The van der Waals surface area contributed by atoms with E-state index >= 15 is 0 Å². The minimum absolute atomic E-state index is 0.0313. The molecule has 3 aromatic rings. The lowest BCUT2D eigenvalue weighted by atomic mass is 10.0. The largest absolute Gasteiger partial charge is 0.415 e. The zero-order valence-electron chi connectivity index (χ0n) is 31.7. The Morgan fingerprint density at radius 3 is 2.16 bits per heavy atom. The van der Waals surface area contributed by atoms with Crippen LogP contribution in [0.2, 0.25) is 0 Å². The Morgan fingerprint density at radius 1 is 0.857 bits per heavy atom. The minimum atomic E-state index is -0.0313. The number of unbranched alkanes of at least 4 members (excludes halogenated alkanes) is 15. The number of carbonyl (C=O) groups excluding carboxylic acids is 1. The molecule has 1 aliphatic rings. The maximum atomic E-state index is 12.7. The van der Waals surface area contributed by atoms with Gasteiger partial charge in [-0.1, -0.05) is 114 Å². The average Bonchev–Trinajstić information content (AvgIpc) is 3.39. The van der Waals surface area contributed by atoms with Crippen LogP contribution in [0.5, 0.6) is 0 Å². The van der Waals surface area contributed by atoms with Crippen molar-refractivity contribution >= 4 is 16.9 Å². The van der Waals surface area contributed by atoms with Gasteiger partial charge >= 0.3 is 5.97 Å². The summed E-state index contributed by atoms with van der Waals surface area (Å²) < 4.78 is 9.20. The summed E-state index contributed by atoms with van der Waals surface area (Å²) in [6, 6.07) is 11.2. The highest BCUT2D eigenvalue weighted by Gasteiger charge is 2.34. The molecule has 5 heteroatoms. The van der Waals surface area contributed by atoms with Crippen molar-refractivity contribution in [3.63, 3.8) is 0 Å². The summed E-state index contributed by atoms with van der Waals surface area (Å²) in [6.45, 7) is 9.80. The molecule has 4 rings (SSSR count). The Morgan fingerprint density at radius 2 is 1.51 bits per heavy atom. The van der Waals surface area contributed by atoms with E-state index in [1.54, 1.807) is 0 Å². The van der Waals surface area contributed by atoms with Crippen LogP contribution in [0.4, 0.5) is 0 Å². The van der Waals surface area contributed by atoms with Gasteiger partial charge in [0.1, 0.15) is 6.54 Å². The molecule has 0 bridgehead atoms. The van der Waals surface area contributed by atoms with Gasteiger partial charge in [0.15, 0.2) is 0 Å². The molecule has 5 nitrogen and oxygen atoms in total. The molecule has 1 aromatic carbocycles. The van der Waals surface area contributed by atoms with Crippen LogP contribution >= 0.6 is 0 Å². The summed E-state index contributed by atoms with van der Waals surface area (Å²) >= 11 is 0. The van der Waals surface area contributed by atoms with Gasteiger partial charge in [-0.15, -0.1) is 0 Å². The topological polar surface area (TPSA) is 44.1 Å². The van der Waals surface area contributed by atoms with Crippen molar-refractivity contribution in [2.75, 3.05) is 20.3 Å². The molecule has 0 N–H and O–H groups in total. The van der Waals surface area contributed by atoms with Gasteiger partial charge in [-0.3, -0.25) is 14.3 Å². The van der Waals surface area contributed by atoms with Gasteiger partial charge in [-0.2, -0.15) is 0 Å². The summed E-state index contributed by atoms with van der Waals surface area (Å²) in [5.41, 5.74) is 7.83. The monoisotopic (exact) mass is 671 g/mol. The molecule has 0 saturated heterocycles. The molecule has 0 aliphatic carbocycles. The number of esters is 1. The fraction of sp³-hybridized carbons (Fsp3) is 0.636. The molecule has 1 aliphatic heterocycles. The number of aromatic nitrogens is 2. The lowest BCUT2D eigenvalue weighted by Gasteiger charge is -2.37. The first-order chi connectivity index (χ1) is 23.9. The molecule has 2 aromatic heterocycles. The SMILES string of the molecule is CCCCCCCC/C=C\CCCCCCCCCCCC(=O)OC[N+]1(C)CCc2c(c3cc(C)ccc3n2CCc2ccc(C)nc2)C1. The van der Waals surface area contributed by atoms with E-state index in [0.29, 0.717) is 13.2 Å². The fourth-order valence-corrected chi connectivity index (χ4v) is 7.49. The zero-order valence-corrected chi connectivity index (χ0v) is 31.7. The molecule has 49 heavy (non-hydrogen) atoms. The number of nitrogens with zero attached hydrogens (tertiary/aromatic N) is 3. The second-order valence-electron chi connectivity index (χ2n) is 15.3. The van der Waals surface area contributed by atoms with Gasteiger partial charge in [0.05, 0.1) is 13.6 Å². The number of carbonyl (C=O) groups is 1. The highest BCUT2D eigenvalue weighted by molar-refractivity contribution is 5.86. The van der Waals surface area contributed by atoms with Crippen LogP contribution in [0.3, 0.4) is 0 Å². The van der Waals surface area contributed by atoms with Crippen LogP contribution < -0.4 is 0 Å². The summed E-state index contributed by atoms with van der Waals surface area (Å²) in [7, 11) is 2.25. The van der Waals surface area contributed by atoms with E-state index in [0.717, 1.165) is 55.5 Å². The van der Waals surface area contributed by atoms with Crippen molar-refractivity contribution in [1.29, 1.82) is 0 Å². The molecule has 0 amide bonds. The first-order valence-electron chi connectivity index (χ1n) is 20.0. The number of ether oxygens (including phenoxy) is 1. The number of quaternary nitrogens is 1. The van der Waals surface area contributed by atoms with Gasteiger partial charge in [0.25, 0.3) is 0 Å². The minimum Gasteiger partial charge on any atom is -0.415 e. The molecule has 0 saturated carbocycles. The van der Waals surface area contributed by atoms with Crippen LogP contribution in [-0.2, 0) is 35.5 Å². The van der Waals surface area contributed by atoms with Gasteiger partial charge in [0, 0.05) is 53.4 Å². The molecule has 3 heterocycles. The summed E-state index contributed by atoms with van der Waals surface area (Å²) in [4.78, 5) is 17.2. The Labute approximate surface area is 299 Å². The van der Waals surface area contributed by atoms with Crippen molar-refractivity contribution < 1.29 is 14.0 Å². The molecular weight excluding hydrogens is 603 g/mol. The Hall–Kier alpha value is -2.92. The standard InChI is InChI=1S/C44H68N3O2/c1-5-6-7-8-9-10-11-12-13-14-15-16-17-18-19-20-21-22-23-24-44(48)49-36-47(4)32-30-43-41(35-47)40-33-37(2)25-28-42(40)46(43)31-29-39-27-26-38(3)45-34-39/h12-13,25-28,33-34H,5-11,14-24,29-32,35-36H2,1-4H3/q+1/b13-12-. The number of aryl methyl sites for hydroxylation is 4. The molecule has 0 radical (unpaired) electrons. The Kier molecular flexibility index (Phi) is 16.9. The van der Waals surface area contributed by atoms with Gasteiger partial charge in [-0.25, -0.2) is 0 Å². The Balaban J connectivity index is 1.07. The Bertz CT molecular complexity index is 1420. The van der Waals surface area contributed by atoms with E-state index in [9.17, 15) is 4.79 Å². The zero-order chi connectivity index (χ0) is 34.7. The quantitative estimate of drug-likeness (QED) is 0.0412. The average molecular weight is 671 g/mol. The summed E-state index contributed by atoms with van der Waals surface area (Å²) in [6.07, 6.45) is 31.5. The van der Waals surface area contributed by atoms with Crippen molar-refractivity contribution in [3.8, 4) is 0 Å². The lowest BCUT2D eigenvalue weighted by molar-refractivity contribution is -0.940. The number of pyridine rings is 1. The molecule has 1 atom stereocenters. The number of hydrogen-bond donors (Lipinski definition) is 0. The van der Waals surface area contributed by atoms with Crippen LogP contribution in [0.15, 0.2) is 48.7 Å². The van der Waals surface area contributed by atoms with Crippen molar-refractivity contribution in [3.05, 3.63) is 76.8 Å². The van der Waals surface area contributed by atoms with Crippen LogP contribution in [0, 0.1) is 13.8 Å². The number of benzene rings is 1. The second-order valence-corrected chi connectivity index (χ2v) is 15.3. The summed E-state index contributed by atoms with van der Waals surface area (Å²) in [5.74, 6) is -0.0313. The second kappa shape index (κ2) is 21.3. The molecule has 1 unspecified atom stereocenters. The number of hydrogen-bond acceptors (Lipinski definition) is 3. The summed E-state index contributed by atoms with van der Waals surface area (Å²) in [5, 5.41) is 1.36. The third-order valence-electron chi connectivity index (χ3n) is 10.6. The fourth-order valence-electron chi connectivity index (χ4n) is 7.49. The molecule has 0 spiro atoms. The number of rotatable bonds is 24. The van der Waals surface area contributed by atoms with Crippen molar-refractivity contribution in [2.45, 2.75) is 162 Å². The highest BCUT2D eigenvalue weighted by Crippen LogP contribution is 2.34. The van der Waals surface area contributed by atoms with Gasteiger partial charge < -0.3 is 9.30 Å². The predicted octanol–water partition coefficient (Wildman–Crippen LogP) is 11.5. The van der Waals surface area contributed by atoms with E-state index in [4.69, 9.17) is 4.74 Å². The van der Waals surface area contributed by atoms with Crippen LogP contribution in [0.25, 0.3) is 10.9 Å². The van der Waals surface area contributed by atoms with E-state index < -0.39 is 0 Å². The maximum Gasteiger partial charge on any atom is 0.310 e. The van der Waals surface area contributed by atoms with Crippen LogP contribution in [0.1, 0.15) is 151 Å². The smallest absolute Gasteiger partial charge is 0.310 e. The third kappa shape index (κ3) is 13.4. The first-order valence-corrected chi connectivity index (χ1v) is 20.0. The lowest BCUT2D eigenvalue weighted by Crippen LogP contribution is -2.49. The van der Waals surface area contributed by atoms with E-state index in [2.05, 4.69) is 72.9 Å². The van der Waals surface area contributed by atoms with E-state index in [-0.39, 0.29) is 5.97 Å². The van der Waals surface area contributed by atoms with Crippen LogP contribution in [-0.4, -0.2) is 40.3 Å². The molecular formula is C44H68N3O2+. The van der Waals surface area contributed by atoms with Gasteiger partial charge in [0.2, 0.25) is 6.73 Å². The van der Waals surface area contributed by atoms with Crippen molar-refractivity contribution in [1.82, 2.24) is 9.55 Å². The van der Waals surface area contributed by atoms with Crippen molar-refractivity contribution in [2.24, 2.45) is 0 Å². The maximum absolute atomic E-state index is 12.7. The molecule has 0 fully saturated rings. The van der Waals surface area contributed by atoms with E-state index in [1.807, 2.05) is 13.1 Å². The predicted molar refractivity (Wildman–Crippen MR) is 207 cm³/mol. The first kappa shape index (κ1) is 38.9. The normalized spacial score (nSPS) is 16.1.